The molecule has 7 heteroatoms. The second kappa shape index (κ2) is 9.22. The van der Waals surface area contributed by atoms with E-state index < -0.39 is 22.2 Å². The van der Waals surface area contributed by atoms with Gasteiger partial charge in [0.2, 0.25) is 0 Å². The first-order chi connectivity index (χ1) is 14.9. The fourth-order valence-electron chi connectivity index (χ4n) is 3.74. The molecule has 0 unspecified atom stereocenters. The van der Waals surface area contributed by atoms with Gasteiger partial charge < -0.3 is 0 Å². The van der Waals surface area contributed by atoms with Crippen LogP contribution in [0.2, 0.25) is 0 Å². The molecule has 0 aliphatic heterocycles. The fraction of sp³-hybridized carbons (Fsp3) is 0.250. The molecule has 3 rings (SSSR count). The van der Waals surface area contributed by atoms with Gasteiger partial charge in [-0.2, -0.15) is 0 Å². The Hall–Kier alpha value is -2.67. The molecular weight excluding hydrogens is 432 g/mol. The zero-order valence-electron chi connectivity index (χ0n) is 18.5. The molecule has 0 aromatic heterocycles. The van der Waals surface area contributed by atoms with Crippen LogP contribution in [0.4, 0.5) is 0 Å². The molecule has 0 aliphatic carbocycles. The van der Waals surface area contributed by atoms with E-state index in [1.807, 2.05) is 19.9 Å². The van der Waals surface area contributed by atoms with Crippen molar-refractivity contribution in [3.8, 4) is 23.0 Å². The first-order valence-electron chi connectivity index (χ1n) is 10.0. The van der Waals surface area contributed by atoms with Gasteiger partial charge in [-0.3, -0.25) is 0 Å². The van der Waals surface area contributed by atoms with Crippen molar-refractivity contribution >= 4 is 7.74 Å². The predicted molar refractivity (Wildman–Crippen MR) is 116 cm³/mol. The molecule has 164 valence electrons. The van der Waals surface area contributed by atoms with Gasteiger partial charge >= 0.3 is 185 Å². The maximum atomic E-state index is 15.6. The Morgan fingerprint density at radius 1 is 0.613 bits per heavy atom. The van der Waals surface area contributed by atoms with Gasteiger partial charge in [0.15, 0.2) is 0 Å². The number of benzene rings is 3. The standard InChI is InChI=1S/C7H8O2.2C7H7O.C3H7O.O.Ti/c1-9-7-5-3-2-4-6(7)8;2*1-8-7-5-3-2-4-6-7;1-3(2)4;;/h2-5,8H,1H3;2*2-5H,1H3;3H,1-2H3;;/q;;;-1;;+2/p-1. The quantitative estimate of drug-likeness (QED) is 0.450. The van der Waals surface area contributed by atoms with Crippen molar-refractivity contribution in [3.05, 3.63) is 72.8 Å². The summed E-state index contributed by atoms with van der Waals surface area (Å²) in [5.41, 5.74) is 0. The average molecular weight is 460 g/mol. The van der Waals surface area contributed by atoms with E-state index in [1.54, 1.807) is 66.7 Å². The minimum absolute atomic E-state index is 0.300. The number of ether oxygens (including phenoxy) is 3. The third-order valence-electron chi connectivity index (χ3n) is 4.96. The molecular formula is C24H28O6Ti. The second-order valence-corrected chi connectivity index (χ2v) is 12.8. The molecule has 0 radical (unpaired) electrons. The van der Waals surface area contributed by atoms with Crippen molar-refractivity contribution in [1.29, 1.82) is 0 Å². The Morgan fingerprint density at radius 2 is 1.00 bits per heavy atom. The van der Waals surface area contributed by atoms with Crippen molar-refractivity contribution in [1.82, 2.24) is 0 Å². The molecule has 0 saturated carbocycles. The molecule has 0 N–H and O–H groups in total. The van der Waals surface area contributed by atoms with Crippen LogP contribution in [0, 0.1) is 0 Å². The molecule has 0 aliphatic rings. The van der Waals surface area contributed by atoms with Crippen molar-refractivity contribution in [2.75, 3.05) is 21.3 Å². The Morgan fingerprint density at radius 3 is 1.42 bits per heavy atom. The molecule has 0 spiro atoms. The molecule has 0 fully saturated rings. The summed E-state index contributed by atoms with van der Waals surface area (Å²) in [5, 5.41) is 0. The minimum atomic E-state index is -6.08. The number of methoxy groups -OCH3 is 3. The van der Waals surface area contributed by atoms with Crippen molar-refractivity contribution in [2.24, 2.45) is 0 Å². The van der Waals surface area contributed by atoms with E-state index in [2.05, 4.69) is 0 Å². The summed E-state index contributed by atoms with van der Waals surface area (Å²) < 4.78 is 45.9. The monoisotopic (exact) mass is 460 g/mol. The number of hydrogen-bond acceptors (Lipinski definition) is 6. The Labute approximate surface area is 184 Å². The summed E-state index contributed by atoms with van der Waals surface area (Å²) in [6.45, 7) is 3.63. The zero-order chi connectivity index (χ0) is 22.5. The Bertz CT molecular complexity index is 1060. The zero-order valence-corrected chi connectivity index (χ0v) is 20.0. The van der Waals surface area contributed by atoms with Crippen molar-refractivity contribution in [2.45, 2.75) is 20.0 Å². The molecule has 31 heavy (non-hydrogen) atoms. The fourth-order valence-corrected chi connectivity index (χ4v) is 10.3. The van der Waals surface area contributed by atoms with Gasteiger partial charge in [-0.25, -0.2) is 0 Å². The van der Waals surface area contributed by atoms with Gasteiger partial charge in [0.25, 0.3) is 0 Å². The Kier molecular flexibility index (Phi) is 6.85. The van der Waals surface area contributed by atoms with Crippen LogP contribution in [0.5, 0.6) is 23.0 Å². The van der Waals surface area contributed by atoms with E-state index in [9.17, 15) is 0 Å². The van der Waals surface area contributed by atoms with Gasteiger partial charge in [-0.15, -0.1) is 0 Å². The van der Waals surface area contributed by atoms with Gasteiger partial charge in [0, 0.05) is 0 Å². The summed E-state index contributed by atoms with van der Waals surface area (Å²) in [4.78, 5) is 0. The molecule has 0 bridgehead atoms. The number of para-hydroxylation sites is 4. The van der Waals surface area contributed by atoms with E-state index in [1.165, 1.54) is 21.3 Å². The normalized spacial score (nSPS) is 11.8. The van der Waals surface area contributed by atoms with E-state index in [0.717, 1.165) is 0 Å². The van der Waals surface area contributed by atoms with E-state index in [0.29, 0.717) is 30.7 Å². The van der Waals surface area contributed by atoms with E-state index >= 15 is 3.32 Å². The topological polar surface area (TPSA) is 63.2 Å². The third-order valence-corrected chi connectivity index (χ3v) is 11.5. The summed E-state index contributed by atoms with van der Waals surface area (Å²) in [7, 11) is 4.58. The predicted octanol–water partition coefficient (Wildman–Crippen LogP) is 4.03. The van der Waals surface area contributed by atoms with Crippen LogP contribution < -0.4 is 25.3 Å². The summed E-state index contributed by atoms with van der Waals surface area (Å²) in [6, 6.07) is 21.1. The molecule has 0 saturated heterocycles. The molecule has 3 aromatic rings. The number of rotatable bonds is 9. The first kappa shape index (κ1) is 23.0. The second-order valence-electron chi connectivity index (χ2n) is 7.31. The third kappa shape index (κ3) is 4.24. The average Bonchev–Trinajstić information content (AvgIpc) is 2.79. The van der Waals surface area contributed by atoms with Crippen LogP contribution in [-0.2, 0) is 22.7 Å². The molecule has 3 aromatic carbocycles. The summed E-state index contributed by atoms with van der Waals surface area (Å²) in [5.74, 6) is 1.53. The first-order valence-corrected chi connectivity index (χ1v) is 13.5. The van der Waals surface area contributed by atoms with Gasteiger partial charge in [0.05, 0.1) is 0 Å². The summed E-state index contributed by atoms with van der Waals surface area (Å²) >= 11 is -6.08. The van der Waals surface area contributed by atoms with Crippen LogP contribution in [0.25, 0.3) is 0 Å². The van der Waals surface area contributed by atoms with E-state index in [-0.39, 0.29) is 0 Å². The van der Waals surface area contributed by atoms with Crippen molar-refractivity contribution in [3.63, 3.8) is 0 Å². The summed E-state index contributed by atoms with van der Waals surface area (Å²) in [6.07, 6.45) is -0.431. The van der Waals surface area contributed by atoms with Gasteiger partial charge in [0.1, 0.15) is 0 Å². The number of hydrogen-bond donors (Lipinski definition) is 0. The Balaban J connectivity index is 2.47. The SMILES string of the molecule is COc1ccccc1[O][Ti](=[O])([O]C(C)C)([c]1ccccc1OC)[c]1ccccc1OC. The molecule has 0 amide bonds. The van der Waals surface area contributed by atoms with Crippen LogP contribution in [0.1, 0.15) is 13.8 Å². The van der Waals surface area contributed by atoms with Crippen LogP contribution >= 0.6 is 0 Å². The van der Waals surface area contributed by atoms with Gasteiger partial charge in [-0.1, -0.05) is 0 Å². The van der Waals surface area contributed by atoms with Crippen LogP contribution in [-0.4, -0.2) is 27.4 Å². The van der Waals surface area contributed by atoms with Crippen molar-refractivity contribution < 1.29 is 40.2 Å². The maximum absolute atomic E-state index is 15.6. The molecule has 6 nitrogen and oxygen atoms in total. The van der Waals surface area contributed by atoms with Crippen LogP contribution in [0.3, 0.4) is 0 Å². The van der Waals surface area contributed by atoms with Crippen LogP contribution in [0.15, 0.2) is 72.8 Å². The van der Waals surface area contributed by atoms with Gasteiger partial charge in [-0.05, 0) is 0 Å². The van der Waals surface area contributed by atoms with E-state index in [4.69, 9.17) is 20.8 Å². The molecule has 0 heterocycles. The molecule has 0 atom stereocenters.